The molecule has 0 saturated carbocycles. The van der Waals surface area contributed by atoms with Gasteiger partial charge in [0.1, 0.15) is 0 Å². The van der Waals surface area contributed by atoms with E-state index in [1.807, 2.05) is 18.0 Å². The number of likely N-dealkylation sites (tertiary alicyclic amines) is 1. The number of piperidine rings is 1. The van der Waals surface area contributed by atoms with E-state index in [1.165, 1.54) is 11.1 Å². The molecule has 22 heavy (non-hydrogen) atoms. The quantitative estimate of drug-likeness (QED) is 0.880. The van der Waals surface area contributed by atoms with Crippen LogP contribution in [0.3, 0.4) is 0 Å². The fourth-order valence-electron chi connectivity index (χ4n) is 2.79. The molecule has 2 rings (SSSR count). The third-order valence-electron chi connectivity index (χ3n) is 4.15. The molecule has 2 N–H and O–H groups in total. The Morgan fingerprint density at radius 1 is 1.18 bits per heavy atom. The van der Waals surface area contributed by atoms with Crippen molar-refractivity contribution in [1.29, 1.82) is 0 Å². The Balaban J connectivity index is 0.00000220. The van der Waals surface area contributed by atoms with E-state index in [0.29, 0.717) is 12.6 Å². The van der Waals surface area contributed by atoms with Crippen LogP contribution in [0, 0.1) is 13.8 Å². The minimum Gasteiger partial charge on any atom is -0.376 e. The second kappa shape index (κ2) is 9.93. The van der Waals surface area contributed by atoms with Gasteiger partial charge < -0.3 is 15.5 Å². The Morgan fingerprint density at radius 3 is 2.23 bits per heavy atom. The molecule has 1 aromatic rings. The smallest absolute Gasteiger partial charge is 0.241 e. The molecule has 0 aromatic heterocycles. The van der Waals surface area contributed by atoms with Crippen molar-refractivity contribution in [3.63, 3.8) is 0 Å². The highest BCUT2D eigenvalue weighted by molar-refractivity contribution is 5.85. The van der Waals surface area contributed by atoms with Gasteiger partial charge in [-0.25, -0.2) is 0 Å². The van der Waals surface area contributed by atoms with Crippen LogP contribution in [0.1, 0.15) is 24.0 Å². The summed E-state index contributed by atoms with van der Waals surface area (Å²) in [5.41, 5.74) is 3.46. The van der Waals surface area contributed by atoms with Crippen molar-refractivity contribution < 1.29 is 4.79 Å². The van der Waals surface area contributed by atoms with Crippen molar-refractivity contribution in [3.05, 3.63) is 29.3 Å². The molecule has 0 aliphatic carbocycles. The zero-order valence-electron chi connectivity index (χ0n) is 13.5. The number of nitrogens with one attached hydrogen (secondary N) is 2. The lowest BCUT2D eigenvalue weighted by molar-refractivity contribution is -0.130. The molecule has 1 aliphatic heterocycles. The second-order valence-electron chi connectivity index (χ2n) is 5.56. The molecule has 1 amide bonds. The number of carbonyl (C=O) groups is 1. The second-order valence-corrected chi connectivity index (χ2v) is 5.56. The van der Waals surface area contributed by atoms with E-state index >= 15 is 0 Å². The number of aryl methyl sites for hydroxylation is 2. The van der Waals surface area contributed by atoms with Crippen molar-refractivity contribution in [2.45, 2.75) is 32.7 Å². The van der Waals surface area contributed by atoms with Crippen LogP contribution in [-0.4, -0.2) is 43.5 Å². The summed E-state index contributed by atoms with van der Waals surface area (Å²) in [6.45, 7) is 6.24. The molecule has 1 fully saturated rings. The standard InChI is InChI=1S/C16H25N3O.2ClH/c1-12-5-4-6-13(2)16(12)18-11-15(20)19-9-7-14(17-3)8-10-19;;/h4-6,14,17-18H,7-11H2,1-3H3;2*1H. The van der Waals surface area contributed by atoms with Crippen molar-refractivity contribution in [2.75, 3.05) is 32.0 Å². The summed E-state index contributed by atoms with van der Waals surface area (Å²) >= 11 is 0. The summed E-state index contributed by atoms with van der Waals surface area (Å²) in [7, 11) is 1.99. The topological polar surface area (TPSA) is 44.4 Å². The summed E-state index contributed by atoms with van der Waals surface area (Å²) in [5.74, 6) is 0.196. The Morgan fingerprint density at radius 2 is 1.73 bits per heavy atom. The molecule has 6 heteroatoms. The molecular formula is C16H27Cl2N3O. The van der Waals surface area contributed by atoms with Crippen LogP contribution in [0.5, 0.6) is 0 Å². The minimum atomic E-state index is 0. The normalized spacial score (nSPS) is 14.8. The Hall–Kier alpha value is -0.970. The van der Waals surface area contributed by atoms with Crippen LogP contribution in [0.25, 0.3) is 0 Å². The van der Waals surface area contributed by atoms with E-state index in [-0.39, 0.29) is 30.7 Å². The fraction of sp³-hybridized carbons (Fsp3) is 0.562. The molecule has 0 atom stereocenters. The third-order valence-corrected chi connectivity index (χ3v) is 4.15. The Kier molecular flexibility index (Phi) is 9.49. The van der Waals surface area contributed by atoms with Crippen LogP contribution in [0.4, 0.5) is 5.69 Å². The van der Waals surface area contributed by atoms with Gasteiger partial charge in [-0.3, -0.25) is 4.79 Å². The maximum Gasteiger partial charge on any atom is 0.241 e. The van der Waals surface area contributed by atoms with Gasteiger partial charge in [0.05, 0.1) is 6.54 Å². The summed E-state index contributed by atoms with van der Waals surface area (Å²) < 4.78 is 0. The lowest BCUT2D eigenvalue weighted by Crippen LogP contribution is -2.45. The van der Waals surface area contributed by atoms with Crippen molar-refractivity contribution in [3.8, 4) is 0 Å². The van der Waals surface area contributed by atoms with Gasteiger partial charge in [-0.1, -0.05) is 18.2 Å². The number of hydrogen-bond acceptors (Lipinski definition) is 3. The summed E-state index contributed by atoms with van der Waals surface area (Å²) in [6.07, 6.45) is 2.09. The first-order valence-corrected chi connectivity index (χ1v) is 7.37. The van der Waals surface area contributed by atoms with E-state index in [2.05, 4.69) is 36.6 Å². The number of hydrogen-bond donors (Lipinski definition) is 2. The van der Waals surface area contributed by atoms with Crippen LogP contribution in [-0.2, 0) is 4.79 Å². The van der Waals surface area contributed by atoms with Crippen LogP contribution in [0.2, 0.25) is 0 Å². The number of nitrogens with zero attached hydrogens (tertiary/aromatic N) is 1. The zero-order chi connectivity index (χ0) is 14.5. The molecule has 126 valence electrons. The number of carbonyl (C=O) groups excluding carboxylic acids is 1. The number of benzene rings is 1. The van der Waals surface area contributed by atoms with Crippen molar-refractivity contribution in [2.24, 2.45) is 0 Å². The molecule has 1 heterocycles. The van der Waals surface area contributed by atoms with E-state index in [9.17, 15) is 4.79 Å². The molecule has 0 bridgehead atoms. The Labute approximate surface area is 145 Å². The summed E-state index contributed by atoms with van der Waals surface area (Å²) in [6, 6.07) is 6.74. The van der Waals surface area contributed by atoms with E-state index in [4.69, 9.17) is 0 Å². The largest absolute Gasteiger partial charge is 0.376 e. The molecule has 0 unspecified atom stereocenters. The van der Waals surface area contributed by atoms with Gasteiger partial charge in [-0.15, -0.1) is 24.8 Å². The van der Waals surface area contributed by atoms with Gasteiger partial charge in [0.15, 0.2) is 0 Å². The number of amides is 1. The molecule has 1 aliphatic rings. The van der Waals surface area contributed by atoms with Gasteiger partial charge in [0, 0.05) is 24.8 Å². The van der Waals surface area contributed by atoms with E-state index in [1.54, 1.807) is 0 Å². The first kappa shape index (κ1) is 21.0. The van der Waals surface area contributed by atoms with Crippen LogP contribution >= 0.6 is 24.8 Å². The zero-order valence-corrected chi connectivity index (χ0v) is 15.1. The number of halogens is 2. The van der Waals surface area contributed by atoms with E-state index < -0.39 is 0 Å². The van der Waals surface area contributed by atoms with Crippen LogP contribution < -0.4 is 10.6 Å². The van der Waals surface area contributed by atoms with Crippen molar-refractivity contribution in [1.82, 2.24) is 10.2 Å². The van der Waals surface area contributed by atoms with Gasteiger partial charge in [-0.2, -0.15) is 0 Å². The highest BCUT2D eigenvalue weighted by Crippen LogP contribution is 2.19. The average molecular weight is 348 g/mol. The van der Waals surface area contributed by atoms with Gasteiger partial charge >= 0.3 is 0 Å². The molecular weight excluding hydrogens is 321 g/mol. The monoisotopic (exact) mass is 347 g/mol. The molecule has 1 saturated heterocycles. The number of anilines is 1. The number of para-hydroxylation sites is 1. The number of rotatable bonds is 4. The lowest BCUT2D eigenvalue weighted by atomic mass is 10.1. The predicted molar refractivity (Wildman–Crippen MR) is 97.6 cm³/mol. The van der Waals surface area contributed by atoms with Gasteiger partial charge in [-0.05, 0) is 44.9 Å². The Bertz CT molecular complexity index is 454. The maximum absolute atomic E-state index is 12.2. The van der Waals surface area contributed by atoms with E-state index in [0.717, 1.165) is 31.6 Å². The maximum atomic E-state index is 12.2. The predicted octanol–water partition coefficient (Wildman–Crippen LogP) is 2.77. The van der Waals surface area contributed by atoms with Crippen LogP contribution in [0.15, 0.2) is 18.2 Å². The minimum absolute atomic E-state index is 0. The molecule has 1 aromatic carbocycles. The highest BCUT2D eigenvalue weighted by atomic mass is 35.5. The molecule has 0 spiro atoms. The lowest BCUT2D eigenvalue weighted by Gasteiger charge is -2.32. The summed E-state index contributed by atoms with van der Waals surface area (Å²) in [5, 5.41) is 6.58. The SMILES string of the molecule is CNC1CCN(C(=O)CNc2c(C)cccc2C)CC1.Cl.Cl. The van der Waals surface area contributed by atoms with Gasteiger partial charge in [0.25, 0.3) is 0 Å². The van der Waals surface area contributed by atoms with Gasteiger partial charge in [0.2, 0.25) is 5.91 Å². The third kappa shape index (κ3) is 5.34. The molecule has 4 nitrogen and oxygen atoms in total. The first-order chi connectivity index (χ1) is 9.61. The molecule has 0 radical (unpaired) electrons. The average Bonchev–Trinajstić information content (AvgIpc) is 2.46. The highest BCUT2D eigenvalue weighted by Gasteiger charge is 2.21. The first-order valence-electron chi connectivity index (χ1n) is 7.37. The fourth-order valence-corrected chi connectivity index (χ4v) is 2.79. The summed E-state index contributed by atoms with van der Waals surface area (Å²) in [4.78, 5) is 14.2. The van der Waals surface area contributed by atoms with Crippen molar-refractivity contribution >= 4 is 36.4 Å².